The van der Waals surface area contributed by atoms with Crippen LogP contribution in [-0.4, -0.2) is 0 Å². The molecule has 0 bridgehead atoms. The molecule has 0 radical (unpaired) electrons. The number of hydrogen-bond acceptors (Lipinski definition) is 2. The van der Waals surface area contributed by atoms with E-state index < -0.39 is 5.82 Å². The quantitative estimate of drug-likeness (QED) is 0.859. The van der Waals surface area contributed by atoms with Gasteiger partial charge in [0.05, 0.1) is 17.3 Å². The van der Waals surface area contributed by atoms with E-state index in [1.54, 1.807) is 12.1 Å². The molecule has 0 fully saturated rings. The summed E-state index contributed by atoms with van der Waals surface area (Å²) in [6.45, 7) is 3.99. The van der Waals surface area contributed by atoms with Crippen LogP contribution in [0, 0.1) is 31.0 Å². The topological polar surface area (TPSA) is 35.8 Å². The molecule has 0 saturated carbocycles. The summed E-state index contributed by atoms with van der Waals surface area (Å²) in [5.41, 5.74) is 3.80. The number of rotatable bonds is 2. The van der Waals surface area contributed by atoms with Gasteiger partial charge in [0, 0.05) is 5.69 Å². The van der Waals surface area contributed by atoms with Gasteiger partial charge in [0.25, 0.3) is 0 Å². The summed E-state index contributed by atoms with van der Waals surface area (Å²) in [7, 11) is 0. The Morgan fingerprint density at radius 1 is 1.11 bits per heavy atom. The SMILES string of the molecule is Cc1cccc(Nc2ccc(C#N)cc2F)c1C. The molecule has 2 aromatic rings. The van der Waals surface area contributed by atoms with Crippen LogP contribution in [0.15, 0.2) is 36.4 Å². The molecule has 0 spiro atoms. The highest BCUT2D eigenvalue weighted by Gasteiger charge is 2.06. The highest BCUT2D eigenvalue weighted by atomic mass is 19.1. The second-order valence-electron chi connectivity index (χ2n) is 4.18. The zero-order valence-corrected chi connectivity index (χ0v) is 10.3. The van der Waals surface area contributed by atoms with Crippen molar-refractivity contribution in [3.05, 3.63) is 58.9 Å². The van der Waals surface area contributed by atoms with E-state index in [1.807, 2.05) is 38.1 Å². The number of benzene rings is 2. The Bertz CT molecular complexity index is 627. The fourth-order valence-electron chi connectivity index (χ4n) is 1.72. The average Bonchev–Trinajstić information content (AvgIpc) is 2.37. The van der Waals surface area contributed by atoms with E-state index in [9.17, 15) is 4.39 Å². The smallest absolute Gasteiger partial charge is 0.147 e. The maximum absolute atomic E-state index is 13.7. The molecule has 0 aliphatic carbocycles. The minimum absolute atomic E-state index is 0.319. The lowest BCUT2D eigenvalue weighted by Crippen LogP contribution is -1.97. The van der Waals surface area contributed by atoms with Crippen molar-refractivity contribution >= 4 is 11.4 Å². The van der Waals surface area contributed by atoms with E-state index >= 15 is 0 Å². The van der Waals surface area contributed by atoms with Gasteiger partial charge in [0.15, 0.2) is 0 Å². The van der Waals surface area contributed by atoms with Crippen molar-refractivity contribution in [2.75, 3.05) is 5.32 Å². The van der Waals surface area contributed by atoms with Crippen LogP contribution in [0.3, 0.4) is 0 Å². The molecule has 1 N–H and O–H groups in total. The molecule has 2 nitrogen and oxygen atoms in total. The van der Waals surface area contributed by atoms with Gasteiger partial charge in [-0.15, -0.1) is 0 Å². The lowest BCUT2D eigenvalue weighted by molar-refractivity contribution is 0.631. The van der Waals surface area contributed by atoms with E-state index in [4.69, 9.17) is 5.26 Å². The zero-order valence-electron chi connectivity index (χ0n) is 10.3. The fraction of sp³-hybridized carbons (Fsp3) is 0.133. The lowest BCUT2D eigenvalue weighted by Gasteiger charge is -2.12. The van der Waals surface area contributed by atoms with Crippen LogP contribution >= 0.6 is 0 Å². The molecule has 90 valence electrons. The minimum Gasteiger partial charge on any atom is -0.353 e. The molecule has 0 aliphatic heterocycles. The summed E-state index contributed by atoms with van der Waals surface area (Å²) in [6.07, 6.45) is 0. The molecule has 0 atom stereocenters. The van der Waals surface area contributed by atoms with Crippen LogP contribution in [0.2, 0.25) is 0 Å². The number of halogens is 1. The first-order chi connectivity index (χ1) is 8.61. The second kappa shape index (κ2) is 4.89. The largest absolute Gasteiger partial charge is 0.353 e. The number of anilines is 2. The lowest BCUT2D eigenvalue weighted by atomic mass is 10.1. The zero-order chi connectivity index (χ0) is 13.1. The molecular weight excluding hydrogens is 227 g/mol. The van der Waals surface area contributed by atoms with Gasteiger partial charge in [-0.2, -0.15) is 5.26 Å². The number of nitrogens with zero attached hydrogens (tertiary/aromatic N) is 1. The Morgan fingerprint density at radius 3 is 2.56 bits per heavy atom. The number of hydrogen-bond donors (Lipinski definition) is 1. The third kappa shape index (κ3) is 2.33. The molecule has 0 saturated heterocycles. The molecule has 2 aromatic carbocycles. The number of nitriles is 1. The normalized spacial score (nSPS) is 9.89. The molecule has 0 amide bonds. The van der Waals surface area contributed by atoms with E-state index in [0.29, 0.717) is 11.3 Å². The standard InChI is InChI=1S/C15H13FN2/c1-10-4-3-5-14(11(10)2)18-15-7-6-12(9-17)8-13(15)16/h3-8,18H,1-2H3. The summed E-state index contributed by atoms with van der Waals surface area (Å²) in [5, 5.41) is 11.7. The van der Waals surface area contributed by atoms with Gasteiger partial charge < -0.3 is 5.32 Å². The van der Waals surface area contributed by atoms with Crippen molar-refractivity contribution in [3.63, 3.8) is 0 Å². The first-order valence-electron chi connectivity index (χ1n) is 5.64. The van der Waals surface area contributed by atoms with Gasteiger partial charge in [-0.05, 0) is 49.2 Å². The fourth-order valence-corrected chi connectivity index (χ4v) is 1.72. The predicted molar refractivity (Wildman–Crippen MR) is 70.3 cm³/mol. The Kier molecular flexibility index (Phi) is 3.29. The molecule has 0 heterocycles. The Hall–Kier alpha value is -2.34. The second-order valence-corrected chi connectivity index (χ2v) is 4.18. The third-order valence-corrected chi connectivity index (χ3v) is 2.97. The van der Waals surface area contributed by atoms with Crippen molar-refractivity contribution < 1.29 is 4.39 Å². The summed E-state index contributed by atoms with van der Waals surface area (Å²) < 4.78 is 13.7. The van der Waals surface area contributed by atoms with Crippen LogP contribution in [0.25, 0.3) is 0 Å². The summed E-state index contributed by atoms with van der Waals surface area (Å²) in [6, 6.07) is 12.1. The monoisotopic (exact) mass is 240 g/mol. The Labute approximate surface area is 106 Å². The maximum Gasteiger partial charge on any atom is 0.147 e. The van der Waals surface area contributed by atoms with Gasteiger partial charge in [-0.1, -0.05) is 12.1 Å². The van der Waals surface area contributed by atoms with Gasteiger partial charge >= 0.3 is 0 Å². The van der Waals surface area contributed by atoms with Crippen molar-refractivity contribution in [1.29, 1.82) is 5.26 Å². The first kappa shape index (κ1) is 12.1. The van der Waals surface area contributed by atoms with E-state index in [1.165, 1.54) is 6.07 Å². The molecule has 3 heteroatoms. The van der Waals surface area contributed by atoms with Crippen LogP contribution < -0.4 is 5.32 Å². The highest BCUT2D eigenvalue weighted by Crippen LogP contribution is 2.25. The van der Waals surface area contributed by atoms with Crippen LogP contribution in [-0.2, 0) is 0 Å². The van der Waals surface area contributed by atoms with Crippen LogP contribution in [0.4, 0.5) is 15.8 Å². The summed E-state index contributed by atoms with van der Waals surface area (Å²) in [4.78, 5) is 0. The van der Waals surface area contributed by atoms with Gasteiger partial charge in [-0.25, -0.2) is 4.39 Å². The van der Waals surface area contributed by atoms with Gasteiger partial charge in [-0.3, -0.25) is 0 Å². The Morgan fingerprint density at radius 2 is 1.89 bits per heavy atom. The molecule has 0 unspecified atom stereocenters. The van der Waals surface area contributed by atoms with Crippen molar-refractivity contribution in [1.82, 2.24) is 0 Å². The molecule has 0 aliphatic rings. The van der Waals surface area contributed by atoms with Crippen molar-refractivity contribution in [2.45, 2.75) is 13.8 Å². The predicted octanol–water partition coefficient (Wildman–Crippen LogP) is 4.06. The minimum atomic E-state index is -0.421. The van der Waals surface area contributed by atoms with Gasteiger partial charge in [0.2, 0.25) is 0 Å². The highest BCUT2D eigenvalue weighted by molar-refractivity contribution is 5.65. The molecule has 0 aromatic heterocycles. The molecular formula is C15H13FN2. The van der Waals surface area contributed by atoms with Gasteiger partial charge in [0.1, 0.15) is 5.82 Å². The number of aryl methyl sites for hydroxylation is 1. The summed E-state index contributed by atoms with van der Waals surface area (Å²) >= 11 is 0. The van der Waals surface area contributed by atoms with Crippen molar-refractivity contribution in [3.8, 4) is 6.07 Å². The van der Waals surface area contributed by atoms with Crippen molar-refractivity contribution in [2.24, 2.45) is 0 Å². The Balaban J connectivity index is 2.35. The third-order valence-electron chi connectivity index (χ3n) is 2.97. The maximum atomic E-state index is 13.7. The van der Waals surface area contributed by atoms with E-state index in [0.717, 1.165) is 16.8 Å². The first-order valence-corrected chi connectivity index (χ1v) is 5.64. The number of nitrogens with one attached hydrogen (secondary N) is 1. The van der Waals surface area contributed by atoms with Crippen LogP contribution in [0.1, 0.15) is 16.7 Å². The van der Waals surface area contributed by atoms with E-state index in [-0.39, 0.29) is 0 Å². The summed E-state index contributed by atoms with van der Waals surface area (Å²) in [5.74, 6) is -0.421. The van der Waals surface area contributed by atoms with E-state index in [2.05, 4.69) is 5.32 Å². The molecule has 18 heavy (non-hydrogen) atoms. The average molecular weight is 240 g/mol. The molecule has 2 rings (SSSR count). The van der Waals surface area contributed by atoms with Crippen LogP contribution in [0.5, 0.6) is 0 Å².